The number of phenolic OH excluding ortho intramolecular Hbond substituents is 1. The number of nitrogens with zero attached hydrogens (tertiary/aromatic N) is 1. The number of esters is 1. The number of rotatable bonds is 7. The van der Waals surface area contributed by atoms with E-state index in [2.05, 4.69) is 4.84 Å². The molecule has 0 heterocycles. The minimum absolute atomic E-state index is 0.0266. The number of benzene rings is 1. The predicted octanol–water partition coefficient (Wildman–Crippen LogP) is 1.54. The number of carbonyl (C=O) groups excluding carboxylic acids is 1. The van der Waals surface area contributed by atoms with E-state index >= 15 is 0 Å². The van der Waals surface area contributed by atoms with Gasteiger partial charge in [0.05, 0.1) is 13.2 Å². The fraction of sp³-hybridized carbons (Fsp3) is 0.364. The van der Waals surface area contributed by atoms with Gasteiger partial charge in [0.1, 0.15) is 11.3 Å². The molecule has 0 amide bonds. The Morgan fingerprint density at radius 1 is 1.28 bits per heavy atom. The highest BCUT2D eigenvalue weighted by Crippen LogP contribution is 2.16. The quantitative estimate of drug-likeness (QED) is 0.343. The van der Waals surface area contributed by atoms with Gasteiger partial charge in [0, 0.05) is 0 Å². The highest BCUT2D eigenvalue weighted by molar-refractivity contribution is 5.92. The van der Waals surface area contributed by atoms with Crippen molar-refractivity contribution < 1.29 is 24.6 Å². The fourth-order valence-corrected chi connectivity index (χ4v) is 1.23. The second-order valence-electron chi connectivity index (χ2n) is 3.42. The van der Waals surface area contributed by atoms with Crippen LogP contribution in [0.3, 0.4) is 0 Å². The maximum atomic E-state index is 11.5. The molecule has 1 aromatic carbocycles. The summed E-state index contributed by atoms with van der Waals surface area (Å²) >= 11 is 0. The monoisotopic (exact) mass is 255 g/mol. The topological polar surface area (TPSA) is 98.9 Å². The van der Waals surface area contributed by atoms with Crippen LogP contribution in [-0.4, -0.2) is 29.4 Å². The van der Waals surface area contributed by atoms with Crippen molar-refractivity contribution in [1.82, 2.24) is 0 Å². The second-order valence-corrected chi connectivity index (χ2v) is 3.42. The first-order chi connectivity index (χ1) is 8.61. The minimum atomic E-state index is -0.867. The third-order valence-corrected chi connectivity index (χ3v) is 2.09. The first-order valence-corrected chi connectivity index (χ1v) is 5.33. The van der Waals surface area contributed by atoms with Gasteiger partial charge in [-0.3, -0.25) is 0 Å². The van der Waals surface area contributed by atoms with Gasteiger partial charge in [-0.1, -0.05) is 12.1 Å². The highest BCUT2D eigenvalue weighted by Gasteiger charge is 2.10. The molecule has 0 aliphatic heterocycles. The van der Waals surface area contributed by atoms with Gasteiger partial charge in [-0.05, 0) is 25.0 Å². The summed E-state index contributed by atoms with van der Waals surface area (Å²) in [7, 11) is 0. The molecule has 0 unspecified atom stereocenters. The second kappa shape index (κ2) is 7.10. The molecule has 1 N–H and O–H groups in total. The Morgan fingerprint density at radius 2 is 1.94 bits per heavy atom. The molecule has 0 saturated heterocycles. The fourth-order valence-electron chi connectivity index (χ4n) is 1.23. The summed E-state index contributed by atoms with van der Waals surface area (Å²) in [5, 5.41) is 18.4. The molecular weight excluding hydrogens is 242 g/mol. The third kappa shape index (κ3) is 4.69. The molecule has 18 heavy (non-hydrogen) atoms. The van der Waals surface area contributed by atoms with Crippen molar-refractivity contribution in [2.75, 3.05) is 13.2 Å². The number of hydrogen-bond acceptors (Lipinski definition) is 6. The molecule has 98 valence electrons. The Hall–Kier alpha value is -2.31. The molecule has 0 aliphatic carbocycles. The zero-order valence-electron chi connectivity index (χ0n) is 9.57. The zero-order valence-corrected chi connectivity index (χ0v) is 9.57. The third-order valence-electron chi connectivity index (χ3n) is 2.09. The van der Waals surface area contributed by atoms with Crippen LogP contribution < -0.4 is 0 Å². The van der Waals surface area contributed by atoms with E-state index in [9.17, 15) is 20.0 Å². The molecule has 0 radical (unpaired) electrons. The van der Waals surface area contributed by atoms with Gasteiger partial charge in [-0.2, -0.15) is 0 Å². The number of phenols is 1. The van der Waals surface area contributed by atoms with Gasteiger partial charge in [-0.15, -0.1) is 10.1 Å². The number of carbonyl (C=O) groups is 1. The number of aromatic hydroxyl groups is 1. The van der Waals surface area contributed by atoms with Gasteiger partial charge in [0.15, 0.2) is 0 Å². The van der Waals surface area contributed by atoms with Crippen LogP contribution in [0.2, 0.25) is 0 Å². The predicted molar refractivity (Wildman–Crippen MR) is 60.6 cm³/mol. The summed E-state index contributed by atoms with van der Waals surface area (Å²) in [6, 6.07) is 6.05. The highest BCUT2D eigenvalue weighted by atomic mass is 16.9. The van der Waals surface area contributed by atoms with Crippen molar-refractivity contribution in [3.8, 4) is 5.75 Å². The molecular formula is C11H13NO6. The summed E-state index contributed by atoms with van der Waals surface area (Å²) in [5.74, 6) is -0.762. The summed E-state index contributed by atoms with van der Waals surface area (Å²) in [5.41, 5.74) is 0.0963. The number of ether oxygens (including phenoxy) is 1. The molecule has 0 aromatic heterocycles. The lowest BCUT2D eigenvalue weighted by Crippen LogP contribution is -2.08. The summed E-state index contributed by atoms with van der Waals surface area (Å²) in [4.78, 5) is 25.4. The van der Waals surface area contributed by atoms with E-state index in [1.807, 2.05) is 0 Å². The van der Waals surface area contributed by atoms with E-state index in [0.29, 0.717) is 12.8 Å². The molecule has 7 heteroatoms. The summed E-state index contributed by atoms with van der Waals surface area (Å²) in [6.07, 6.45) is 0.863. The molecule has 0 fully saturated rings. The smallest absolute Gasteiger partial charge is 0.341 e. The van der Waals surface area contributed by atoms with Crippen LogP contribution in [0.4, 0.5) is 0 Å². The Morgan fingerprint density at radius 3 is 2.61 bits per heavy atom. The van der Waals surface area contributed by atoms with Crippen molar-refractivity contribution in [2.24, 2.45) is 0 Å². The lowest BCUT2D eigenvalue weighted by atomic mass is 10.2. The molecule has 7 nitrogen and oxygen atoms in total. The van der Waals surface area contributed by atoms with Crippen LogP contribution in [0.15, 0.2) is 24.3 Å². The van der Waals surface area contributed by atoms with Crippen LogP contribution in [0.5, 0.6) is 5.75 Å². The Balaban J connectivity index is 2.22. The van der Waals surface area contributed by atoms with Crippen LogP contribution in [-0.2, 0) is 9.57 Å². The van der Waals surface area contributed by atoms with Crippen molar-refractivity contribution >= 4 is 5.97 Å². The SMILES string of the molecule is O=C(OCCCCO[N+](=O)[O-])c1ccccc1O. The van der Waals surface area contributed by atoms with Crippen LogP contribution in [0.25, 0.3) is 0 Å². The Kier molecular flexibility index (Phi) is 5.43. The van der Waals surface area contributed by atoms with E-state index in [1.54, 1.807) is 12.1 Å². The first-order valence-electron chi connectivity index (χ1n) is 5.33. The lowest BCUT2D eigenvalue weighted by Gasteiger charge is -2.05. The molecule has 1 rings (SSSR count). The van der Waals surface area contributed by atoms with Crippen LogP contribution in [0, 0.1) is 10.1 Å². The minimum Gasteiger partial charge on any atom is -0.507 e. The van der Waals surface area contributed by atoms with E-state index in [0.717, 1.165) is 0 Å². The zero-order chi connectivity index (χ0) is 13.4. The maximum absolute atomic E-state index is 11.5. The van der Waals surface area contributed by atoms with Crippen LogP contribution in [0.1, 0.15) is 23.2 Å². The normalized spacial score (nSPS) is 9.78. The maximum Gasteiger partial charge on any atom is 0.341 e. The first kappa shape index (κ1) is 13.8. The lowest BCUT2D eigenvalue weighted by molar-refractivity contribution is -0.757. The summed E-state index contributed by atoms with van der Waals surface area (Å²) < 4.78 is 4.89. The van der Waals surface area contributed by atoms with Crippen molar-refractivity contribution in [3.05, 3.63) is 39.9 Å². The van der Waals surface area contributed by atoms with E-state index in [-0.39, 0.29) is 24.5 Å². The average Bonchev–Trinajstić information content (AvgIpc) is 2.33. The van der Waals surface area contributed by atoms with E-state index in [4.69, 9.17) is 4.74 Å². The largest absolute Gasteiger partial charge is 0.507 e. The summed E-state index contributed by atoms with van der Waals surface area (Å²) in [6.45, 7) is 0.0926. The number of unbranched alkanes of at least 4 members (excludes halogenated alkanes) is 1. The van der Waals surface area contributed by atoms with Crippen molar-refractivity contribution in [2.45, 2.75) is 12.8 Å². The number of hydrogen-bond donors (Lipinski definition) is 1. The van der Waals surface area contributed by atoms with Gasteiger partial charge in [0.25, 0.3) is 5.09 Å². The molecule has 0 saturated carbocycles. The Labute approximate surface area is 103 Å². The molecule has 0 atom stereocenters. The molecule has 1 aromatic rings. The van der Waals surface area contributed by atoms with Gasteiger partial charge >= 0.3 is 5.97 Å². The van der Waals surface area contributed by atoms with E-state index in [1.165, 1.54) is 12.1 Å². The Bertz CT molecular complexity index is 420. The molecule has 0 spiro atoms. The van der Waals surface area contributed by atoms with E-state index < -0.39 is 11.1 Å². The average molecular weight is 255 g/mol. The molecule has 0 bridgehead atoms. The molecule has 0 aliphatic rings. The number of para-hydroxylation sites is 1. The van der Waals surface area contributed by atoms with Crippen molar-refractivity contribution in [1.29, 1.82) is 0 Å². The van der Waals surface area contributed by atoms with Gasteiger partial charge in [0.2, 0.25) is 0 Å². The van der Waals surface area contributed by atoms with Gasteiger partial charge in [-0.25, -0.2) is 4.79 Å². The van der Waals surface area contributed by atoms with Crippen LogP contribution >= 0.6 is 0 Å². The van der Waals surface area contributed by atoms with Crippen molar-refractivity contribution in [3.63, 3.8) is 0 Å². The standard InChI is InChI=1S/C11H13NO6/c13-10-6-2-1-5-9(10)11(14)17-7-3-4-8-18-12(15)16/h1-2,5-6,13H,3-4,7-8H2. The van der Waals surface area contributed by atoms with Gasteiger partial charge < -0.3 is 14.7 Å².